The number of carboxylic acid groups (broad SMARTS) is 1. The van der Waals surface area contributed by atoms with E-state index in [9.17, 15) is 18.7 Å². The Bertz CT molecular complexity index is 1400. The van der Waals surface area contributed by atoms with E-state index < -0.39 is 17.6 Å². The molecular formula is C27H23ClF2N2O3. The van der Waals surface area contributed by atoms with Crippen molar-refractivity contribution in [3.05, 3.63) is 100 Å². The summed E-state index contributed by atoms with van der Waals surface area (Å²) in [6.45, 7) is 4.33. The van der Waals surface area contributed by atoms with E-state index in [1.807, 2.05) is 36.6 Å². The quantitative estimate of drug-likeness (QED) is 0.273. The summed E-state index contributed by atoms with van der Waals surface area (Å²) in [4.78, 5) is 12.1. The normalized spacial score (nSPS) is 10.9. The molecule has 0 atom stereocenters. The van der Waals surface area contributed by atoms with Gasteiger partial charge < -0.3 is 19.7 Å². The molecule has 1 heterocycles. The molecule has 0 spiro atoms. The first kappa shape index (κ1) is 24.3. The molecule has 2 N–H and O–H groups in total. The highest BCUT2D eigenvalue weighted by Crippen LogP contribution is 2.37. The molecule has 0 aliphatic carbocycles. The van der Waals surface area contributed by atoms with Crippen LogP contribution in [0.25, 0.3) is 16.9 Å². The van der Waals surface area contributed by atoms with E-state index in [1.54, 1.807) is 30.3 Å². The van der Waals surface area contributed by atoms with Crippen LogP contribution in [0.15, 0.2) is 66.7 Å². The first-order valence-corrected chi connectivity index (χ1v) is 11.3. The minimum Gasteiger partial charge on any atom is -0.488 e. The number of aromatic nitrogens is 1. The third kappa shape index (κ3) is 5.15. The lowest BCUT2D eigenvalue weighted by Gasteiger charge is -2.18. The van der Waals surface area contributed by atoms with E-state index >= 15 is 0 Å². The van der Waals surface area contributed by atoms with E-state index in [-0.39, 0.29) is 17.7 Å². The van der Waals surface area contributed by atoms with Crippen LogP contribution in [-0.4, -0.2) is 22.2 Å². The molecule has 0 unspecified atom stereocenters. The van der Waals surface area contributed by atoms with Gasteiger partial charge in [0, 0.05) is 40.1 Å². The molecule has 0 radical (unpaired) electrons. The number of hydrogen-bond donors (Lipinski definition) is 2. The van der Waals surface area contributed by atoms with Gasteiger partial charge in [0.2, 0.25) is 0 Å². The standard InChI is InChI=1S/C27H23ClF2N2O3/c1-3-31-20-8-10-25(22(14-20)27(33)34)32-16(2)4-9-24(32)21-12-18(28)6-11-26(21)35-15-17-5-7-19(29)13-23(17)30/h4-14,31H,3,15H2,1-2H3,(H,33,34). The molecule has 5 nitrogen and oxygen atoms in total. The van der Waals surface area contributed by atoms with Crippen LogP contribution in [0.3, 0.4) is 0 Å². The third-order valence-corrected chi connectivity index (χ3v) is 5.78. The molecule has 35 heavy (non-hydrogen) atoms. The van der Waals surface area contributed by atoms with Gasteiger partial charge in [0.05, 0.1) is 16.9 Å². The second-order valence-corrected chi connectivity index (χ2v) is 8.36. The van der Waals surface area contributed by atoms with E-state index in [4.69, 9.17) is 16.3 Å². The Labute approximate surface area is 206 Å². The summed E-state index contributed by atoms with van der Waals surface area (Å²) in [6.07, 6.45) is 0. The zero-order chi connectivity index (χ0) is 25.1. The van der Waals surface area contributed by atoms with Crippen molar-refractivity contribution in [3.63, 3.8) is 0 Å². The van der Waals surface area contributed by atoms with Crippen molar-refractivity contribution >= 4 is 23.3 Å². The van der Waals surface area contributed by atoms with Gasteiger partial charge in [-0.3, -0.25) is 0 Å². The molecule has 4 aromatic rings. The number of rotatable bonds is 8. The fraction of sp³-hybridized carbons (Fsp3) is 0.148. The summed E-state index contributed by atoms with van der Waals surface area (Å²) in [5, 5.41) is 13.5. The summed E-state index contributed by atoms with van der Waals surface area (Å²) in [7, 11) is 0. The van der Waals surface area contributed by atoms with Gasteiger partial charge in [-0.2, -0.15) is 0 Å². The molecule has 4 rings (SSSR count). The predicted molar refractivity (Wildman–Crippen MR) is 133 cm³/mol. The van der Waals surface area contributed by atoms with Crippen LogP contribution in [0.5, 0.6) is 5.75 Å². The van der Waals surface area contributed by atoms with E-state index in [0.717, 1.165) is 11.8 Å². The lowest BCUT2D eigenvalue weighted by atomic mass is 10.1. The molecule has 0 fully saturated rings. The molecule has 1 aromatic heterocycles. The number of ether oxygens (including phenoxy) is 1. The van der Waals surface area contributed by atoms with Gasteiger partial charge in [-0.05, 0) is 74.5 Å². The van der Waals surface area contributed by atoms with E-state index in [2.05, 4.69) is 5.32 Å². The van der Waals surface area contributed by atoms with Crippen molar-refractivity contribution in [1.29, 1.82) is 0 Å². The van der Waals surface area contributed by atoms with E-state index in [1.165, 1.54) is 12.1 Å². The van der Waals surface area contributed by atoms with Crippen LogP contribution in [0, 0.1) is 18.6 Å². The van der Waals surface area contributed by atoms with Gasteiger partial charge in [-0.25, -0.2) is 13.6 Å². The highest BCUT2D eigenvalue weighted by molar-refractivity contribution is 6.31. The Morgan fingerprint density at radius 1 is 1.06 bits per heavy atom. The largest absolute Gasteiger partial charge is 0.488 e. The molecule has 0 aliphatic rings. The number of anilines is 1. The maximum atomic E-state index is 14.1. The van der Waals surface area contributed by atoms with Gasteiger partial charge >= 0.3 is 5.97 Å². The first-order chi connectivity index (χ1) is 16.8. The van der Waals surface area contributed by atoms with Crippen molar-refractivity contribution < 1.29 is 23.4 Å². The zero-order valence-electron chi connectivity index (χ0n) is 19.1. The van der Waals surface area contributed by atoms with Crippen LogP contribution in [-0.2, 0) is 6.61 Å². The Morgan fingerprint density at radius 2 is 1.86 bits per heavy atom. The number of nitrogens with one attached hydrogen (secondary N) is 1. The highest BCUT2D eigenvalue weighted by Gasteiger charge is 2.20. The monoisotopic (exact) mass is 496 g/mol. The summed E-state index contributed by atoms with van der Waals surface area (Å²) in [6, 6.07) is 17.2. The fourth-order valence-corrected chi connectivity index (χ4v) is 4.08. The topological polar surface area (TPSA) is 63.5 Å². The number of aromatic carboxylic acids is 1. The van der Waals surface area contributed by atoms with Crippen LogP contribution in [0.2, 0.25) is 5.02 Å². The summed E-state index contributed by atoms with van der Waals surface area (Å²) >= 11 is 6.30. The van der Waals surface area contributed by atoms with Crippen LogP contribution in [0.1, 0.15) is 28.5 Å². The first-order valence-electron chi connectivity index (χ1n) is 10.9. The molecule has 0 saturated heterocycles. The minimum absolute atomic E-state index is 0.127. The van der Waals surface area contributed by atoms with Crippen molar-refractivity contribution in [2.75, 3.05) is 11.9 Å². The van der Waals surface area contributed by atoms with E-state index in [0.29, 0.717) is 39.9 Å². The van der Waals surface area contributed by atoms with Gasteiger partial charge in [0.15, 0.2) is 0 Å². The van der Waals surface area contributed by atoms with Gasteiger partial charge in [-0.1, -0.05) is 11.6 Å². The predicted octanol–water partition coefficient (Wildman–Crippen LogP) is 7.09. The van der Waals surface area contributed by atoms with Crippen LogP contribution < -0.4 is 10.1 Å². The van der Waals surface area contributed by atoms with Crippen molar-refractivity contribution in [3.8, 4) is 22.7 Å². The lowest BCUT2D eigenvalue weighted by Crippen LogP contribution is -2.09. The van der Waals surface area contributed by atoms with Gasteiger partial charge in [0.1, 0.15) is 24.0 Å². The number of aryl methyl sites for hydroxylation is 1. The molecule has 0 saturated carbocycles. The zero-order valence-corrected chi connectivity index (χ0v) is 19.9. The van der Waals surface area contributed by atoms with Crippen molar-refractivity contribution in [1.82, 2.24) is 4.57 Å². The molecule has 0 bridgehead atoms. The Balaban J connectivity index is 1.79. The maximum Gasteiger partial charge on any atom is 0.337 e. The van der Waals surface area contributed by atoms with Gasteiger partial charge in [-0.15, -0.1) is 0 Å². The number of benzene rings is 3. The molecule has 0 amide bonds. The maximum absolute atomic E-state index is 14.1. The van der Waals surface area contributed by atoms with Crippen LogP contribution in [0.4, 0.5) is 14.5 Å². The molecule has 0 aliphatic heterocycles. The van der Waals surface area contributed by atoms with Gasteiger partial charge in [0.25, 0.3) is 0 Å². The number of carbonyl (C=O) groups is 1. The highest BCUT2D eigenvalue weighted by atomic mass is 35.5. The summed E-state index contributed by atoms with van der Waals surface area (Å²) in [5.74, 6) is -2.01. The smallest absolute Gasteiger partial charge is 0.337 e. The van der Waals surface area contributed by atoms with Crippen LogP contribution >= 0.6 is 11.6 Å². The fourth-order valence-electron chi connectivity index (χ4n) is 3.91. The Kier molecular flexibility index (Phi) is 7.07. The number of nitrogens with zero attached hydrogens (tertiary/aromatic N) is 1. The number of halogens is 3. The Morgan fingerprint density at radius 3 is 2.57 bits per heavy atom. The average molecular weight is 497 g/mol. The van der Waals surface area contributed by atoms with Crippen molar-refractivity contribution in [2.45, 2.75) is 20.5 Å². The third-order valence-electron chi connectivity index (χ3n) is 5.54. The minimum atomic E-state index is -1.06. The second-order valence-electron chi connectivity index (χ2n) is 7.93. The molecular weight excluding hydrogens is 474 g/mol. The summed E-state index contributed by atoms with van der Waals surface area (Å²) < 4.78 is 35.1. The second kappa shape index (κ2) is 10.2. The molecule has 8 heteroatoms. The molecule has 180 valence electrons. The summed E-state index contributed by atoms with van der Waals surface area (Å²) in [5.41, 5.74) is 3.56. The SMILES string of the molecule is CCNc1ccc(-n2c(C)ccc2-c2cc(Cl)ccc2OCc2ccc(F)cc2F)c(C(=O)O)c1. The number of carboxylic acids is 1. The number of hydrogen-bond acceptors (Lipinski definition) is 3. The average Bonchev–Trinajstić information content (AvgIpc) is 3.20. The molecule has 3 aromatic carbocycles. The Hall–Kier alpha value is -3.84. The lowest BCUT2D eigenvalue weighted by molar-refractivity contribution is 0.0697. The van der Waals surface area contributed by atoms with Crippen molar-refractivity contribution in [2.24, 2.45) is 0 Å².